The number of rotatable bonds is 7. The number of benzene rings is 1. The maximum atomic E-state index is 8.59. The summed E-state index contributed by atoms with van der Waals surface area (Å²) in [5.74, 6) is 1.98. The Kier molecular flexibility index (Phi) is 5.10. The van der Waals surface area contributed by atoms with Gasteiger partial charge in [-0.1, -0.05) is 0 Å². The molecule has 110 valence electrons. The maximum absolute atomic E-state index is 8.59. The summed E-state index contributed by atoms with van der Waals surface area (Å²) in [5.41, 5.74) is 0.848. The van der Waals surface area contributed by atoms with Crippen molar-refractivity contribution in [1.82, 2.24) is 20.2 Å². The molecule has 0 N–H and O–H groups in total. The number of aromatic nitrogens is 4. The number of aryl methyl sites for hydroxylation is 1. The molecule has 0 radical (unpaired) electrons. The van der Waals surface area contributed by atoms with Gasteiger partial charge in [-0.05, 0) is 42.0 Å². The standard InChI is InChI=1S/C14H17N5O2/c1-3-21-13-10-11(6-7-12(13)20-2)14-16-17-18-19(14)9-5-4-8-15/h6-7,10H,3-5,9H2,1-2H3. The van der Waals surface area contributed by atoms with E-state index in [0.29, 0.717) is 43.3 Å². The van der Waals surface area contributed by atoms with Crippen LogP contribution in [0.5, 0.6) is 11.5 Å². The van der Waals surface area contributed by atoms with Crippen LogP contribution in [0.4, 0.5) is 0 Å². The van der Waals surface area contributed by atoms with Crippen LogP contribution >= 0.6 is 0 Å². The zero-order valence-corrected chi connectivity index (χ0v) is 12.1. The molecule has 0 bridgehead atoms. The Hall–Kier alpha value is -2.62. The molecule has 0 saturated carbocycles. The van der Waals surface area contributed by atoms with Gasteiger partial charge in [-0.2, -0.15) is 5.26 Å². The zero-order chi connectivity index (χ0) is 15.1. The van der Waals surface area contributed by atoms with Crippen molar-refractivity contribution in [3.05, 3.63) is 18.2 Å². The summed E-state index contributed by atoms with van der Waals surface area (Å²) in [6, 6.07) is 7.68. The number of nitriles is 1. The average molecular weight is 287 g/mol. The van der Waals surface area contributed by atoms with E-state index in [1.54, 1.807) is 11.8 Å². The van der Waals surface area contributed by atoms with Crippen molar-refractivity contribution in [3.8, 4) is 29.0 Å². The van der Waals surface area contributed by atoms with Gasteiger partial charge in [-0.3, -0.25) is 0 Å². The van der Waals surface area contributed by atoms with Crippen LogP contribution in [0.15, 0.2) is 18.2 Å². The molecule has 0 saturated heterocycles. The number of ether oxygens (including phenoxy) is 2. The van der Waals surface area contributed by atoms with Gasteiger partial charge >= 0.3 is 0 Å². The summed E-state index contributed by atoms with van der Waals surface area (Å²) in [6.45, 7) is 3.07. The molecule has 1 aromatic carbocycles. The fraction of sp³-hybridized carbons (Fsp3) is 0.429. The average Bonchev–Trinajstić information content (AvgIpc) is 2.96. The summed E-state index contributed by atoms with van der Waals surface area (Å²) >= 11 is 0. The van der Waals surface area contributed by atoms with Gasteiger partial charge in [0.1, 0.15) is 0 Å². The van der Waals surface area contributed by atoms with E-state index < -0.39 is 0 Å². The molecule has 1 aromatic heterocycles. The van der Waals surface area contributed by atoms with Crippen molar-refractivity contribution >= 4 is 0 Å². The molecule has 7 heteroatoms. The molecular formula is C14H17N5O2. The molecule has 0 fully saturated rings. The Morgan fingerprint density at radius 2 is 2.19 bits per heavy atom. The monoisotopic (exact) mass is 287 g/mol. The van der Waals surface area contributed by atoms with E-state index in [0.717, 1.165) is 5.56 Å². The van der Waals surface area contributed by atoms with Gasteiger partial charge in [0.25, 0.3) is 0 Å². The highest BCUT2D eigenvalue weighted by Gasteiger charge is 2.12. The minimum Gasteiger partial charge on any atom is -0.493 e. The Balaban J connectivity index is 2.28. The second kappa shape index (κ2) is 7.24. The van der Waals surface area contributed by atoms with E-state index in [9.17, 15) is 0 Å². The first kappa shape index (κ1) is 14.8. The molecule has 0 aliphatic carbocycles. The van der Waals surface area contributed by atoms with Gasteiger partial charge in [0, 0.05) is 18.5 Å². The number of methoxy groups -OCH3 is 1. The topological polar surface area (TPSA) is 85.9 Å². The SMILES string of the molecule is CCOc1cc(-c2nnnn2CCCC#N)ccc1OC. The largest absolute Gasteiger partial charge is 0.493 e. The van der Waals surface area contributed by atoms with Crippen LogP contribution in [0.25, 0.3) is 11.4 Å². The van der Waals surface area contributed by atoms with Crippen LogP contribution in [-0.2, 0) is 6.54 Å². The van der Waals surface area contributed by atoms with E-state index in [-0.39, 0.29) is 0 Å². The first-order valence-electron chi connectivity index (χ1n) is 6.74. The van der Waals surface area contributed by atoms with Crippen LogP contribution in [0, 0.1) is 11.3 Å². The van der Waals surface area contributed by atoms with Gasteiger partial charge in [-0.25, -0.2) is 4.68 Å². The summed E-state index contributed by atoms with van der Waals surface area (Å²) < 4.78 is 12.5. The number of hydrogen-bond acceptors (Lipinski definition) is 6. The maximum Gasteiger partial charge on any atom is 0.182 e. The van der Waals surface area contributed by atoms with Crippen LogP contribution in [0.2, 0.25) is 0 Å². The third-order valence-electron chi connectivity index (χ3n) is 2.91. The van der Waals surface area contributed by atoms with Crippen molar-refractivity contribution in [2.75, 3.05) is 13.7 Å². The molecule has 0 aliphatic rings. The quantitative estimate of drug-likeness (QED) is 0.724. The fourth-order valence-electron chi connectivity index (χ4n) is 1.95. The fourth-order valence-corrected chi connectivity index (χ4v) is 1.95. The zero-order valence-electron chi connectivity index (χ0n) is 12.1. The highest BCUT2D eigenvalue weighted by atomic mass is 16.5. The van der Waals surface area contributed by atoms with E-state index in [4.69, 9.17) is 14.7 Å². The third-order valence-corrected chi connectivity index (χ3v) is 2.91. The van der Waals surface area contributed by atoms with Gasteiger partial charge in [-0.15, -0.1) is 5.10 Å². The highest BCUT2D eigenvalue weighted by Crippen LogP contribution is 2.31. The first-order chi connectivity index (χ1) is 10.3. The van der Waals surface area contributed by atoms with Gasteiger partial charge in [0.15, 0.2) is 17.3 Å². The number of unbranched alkanes of at least 4 members (excludes halogenated alkanes) is 1. The van der Waals surface area contributed by atoms with E-state index >= 15 is 0 Å². The summed E-state index contributed by atoms with van der Waals surface area (Å²) in [7, 11) is 1.60. The second-order valence-electron chi connectivity index (χ2n) is 4.29. The number of nitrogens with zero attached hydrogens (tertiary/aromatic N) is 5. The normalized spacial score (nSPS) is 10.1. The lowest BCUT2D eigenvalue weighted by Gasteiger charge is -2.11. The molecule has 0 atom stereocenters. The van der Waals surface area contributed by atoms with E-state index in [1.807, 2.05) is 25.1 Å². The van der Waals surface area contributed by atoms with Crippen molar-refractivity contribution < 1.29 is 9.47 Å². The van der Waals surface area contributed by atoms with Crippen molar-refractivity contribution in [3.63, 3.8) is 0 Å². The highest BCUT2D eigenvalue weighted by molar-refractivity contribution is 5.60. The molecule has 7 nitrogen and oxygen atoms in total. The first-order valence-corrected chi connectivity index (χ1v) is 6.74. The van der Waals surface area contributed by atoms with Crippen LogP contribution < -0.4 is 9.47 Å². The van der Waals surface area contributed by atoms with Gasteiger partial charge in [0.2, 0.25) is 0 Å². The smallest absolute Gasteiger partial charge is 0.182 e. The Bertz CT molecular complexity index is 633. The van der Waals surface area contributed by atoms with Gasteiger partial charge in [0.05, 0.1) is 19.8 Å². The lowest BCUT2D eigenvalue weighted by atomic mass is 10.2. The summed E-state index contributed by atoms with van der Waals surface area (Å²) in [4.78, 5) is 0. The Morgan fingerprint density at radius 3 is 2.90 bits per heavy atom. The Labute approximate surface area is 123 Å². The molecule has 21 heavy (non-hydrogen) atoms. The van der Waals surface area contributed by atoms with Crippen molar-refractivity contribution in [1.29, 1.82) is 5.26 Å². The molecule has 1 heterocycles. The molecule has 2 aromatic rings. The Morgan fingerprint density at radius 1 is 1.33 bits per heavy atom. The van der Waals surface area contributed by atoms with Crippen LogP contribution in [-0.4, -0.2) is 33.9 Å². The number of hydrogen-bond donors (Lipinski definition) is 0. The molecule has 0 spiro atoms. The minimum absolute atomic E-state index is 0.478. The lowest BCUT2D eigenvalue weighted by molar-refractivity contribution is 0.311. The molecular weight excluding hydrogens is 270 g/mol. The predicted octanol–water partition coefficient (Wildman–Crippen LogP) is 2.05. The predicted molar refractivity (Wildman–Crippen MR) is 75.8 cm³/mol. The third kappa shape index (κ3) is 3.48. The van der Waals surface area contributed by atoms with Gasteiger partial charge < -0.3 is 9.47 Å². The summed E-state index contributed by atoms with van der Waals surface area (Å²) in [5, 5.41) is 20.3. The molecule has 0 unspecified atom stereocenters. The molecule has 0 aliphatic heterocycles. The summed E-state index contributed by atoms with van der Waals surface area (Å²) in [6.07, 6.45) is 1.19. The minimum atomic E-state index is 0.478. The number of tetrazole rings is 1. The molecule has 0 amide bonds. The second-order valence-corrected chi connectivity index (χ2v) is 4.29. The van der Waals surface area contributed by atoms with E-state index in [1.165, 1.54) is 0 Å². The molecule has 2 rings (SSSR count). The van der Waals surface area contributed by atoms with Crippen LogP contribution in [0.3, 0.4) is 0 Å². The lowest BCUT2D eigenvalue weighted by Crippen LogP contribution is -2.03. The van der Waals surface area contributed by atoms with Crippen LogP contribution in [0.1, 0.15) is 19.8 Å². The van der Waals surface area contributed by atoms with Crippen molar-refractivity contribution in [2.45, 2.75) is 26.3 Å². The van der Waals surface area contributed by atoms with E-state index in [2.05, 4.69) is 21.6 Å². The van der Waals surface area contributed by atoms with Crippen molar-refractivity contribution in [2.24, 2.45) is 0 Å².